The Balaban J connectivity index is 5.12. The van der Waals surface area contributed by atoms with Crippen molar-refractivity contribution in [2.45, 2.75) is 96.2 Å². The third-order valence-corrected chi connectivity index (χ3v) is 5.01. The molecule has 0 aromatic heterocycles. The lowest BCUT2D eigenvalue weighted by Crippen LogP contribution is -2.61. The highest BCUT2D eigenvalue weighted by atomic mass is 16.3. The van der Waals surface area contributed by atoms with Crippen molar-refractivity contribution in [3.05, 3.63) is 0 Å². The van der Waals surface area contributed by atoms with Gasteiger partial charge in [-0.25, -0.2) is 0 Å². The summed E-state index contributed by atoms with van der Waals surface area (Å²) in [6.45, 7) is 14.5. The largest absolute Gasteiger partial charge is 0.394 e. The van der Waals surface area contributed by atoms with Crippen molar-refractivity contribution < 1.29 is 15.3 Å². The molecule has 0 aliphatic heterocycles. The SMILES string of the molecule is CCNC(C)(CO)CC(O)C(C)(CC(O)C(C)(C)NC(C)C)NC. The topological polar surface area (TPSA) is 96.8 Å². The smallest absolute Gasteiger partial charge is 0.0738 e. The maximum atomic E-state index is 10.8. The highest BCUT2D eigenvalue weighted by Crippen LogP contribution is 2.27. The molecule has 0 bridgehead atoms. The van der Waals surface area contributed by atoms with E-state index in [4.69, 9.17) is 0 Å². The first kappa shape index (κ1) is 23.8. The highest BCUT2D eigenvalue weighted by molar-refractivity contribution is 5.00. The van der Waals surface area contributed by atoms with Crippen LogP contribution in [0.1, 0.15) is 61.3 Å². The number of hydrogen-bond donors (Lipinski definition) is 6. The summed E-state index contributed by atoms with van der Waals surface area (Å²) in [5.74, 6) is 0. The van der Waals surface area contributed by atoms with Crippen molar-refractivity contribution in [3.8, 4) is 0 Å². The summed E-state index contributed by atoms with van der Waals surface area (Å²) in [5, 5.41) is 41.0. The van der Waals surface area contributed by atoms with Crippen LogP contribution in [-0.2, 0) is 0 Å². The Bertz CT molecular complexity index is 365. The first-order valence-electron chi connectivity index (χ1n) is 9.04. The van der Waals surface area contributed by atoms with E-state index in [0.29, 0.717) is 19.4 Å². The van der Waals surface area contributed by atoms with E-state index >= 15 is 0 Å². The van der Waals surface area contributed by atoms with Gasteiger partial charge >= 0.3 is 0 Å². The van der Waals surface area contributed by atoms with E-state index in [9.17, 15) is 15.3 Å². The summed E-state index contributed by atoms with van der Waals surface area (Å²) in [6, 6.07) is 0.256. The maximum Gasteiger partial charge on any atom is 0.0738 e. The molecule has 4 unspecified atom stereocenters. The molecule has 0 spiro atoms. The first-order valence-corrected chi connectivity index (χ1v) is 9.04. The van der Waals surface area contributed by atoms with Crippen LogP contribution >= 0.6 is 0 Å². The van der Waals surface area contributed by atoms with E-state index in [1.807, 2.05) is 48.5 Å². The predicted octanol–water partition coefficient (Wildman–Crippen LogP) is 0.604. The van der Waals surface area contributed by atoms with E-state index in [-0.39, 0.29) is 12.6 Å². The fourth-order valence-corrected chi connectivity index (χ4v) is 3.17. The molecule has 0 aliphatic carbocycles. The molecule has 0 saturated heterocycles. The molecule has 6 heteroatoms. The van der Waals surface area contributed by atoms with Gasteiger partial charge in [-0.15, -0.1) is 0 Å². The molecule has 0 aliphatic rings. The van der Waals surface area contributed by atoms with Gasteiger partial charge in [0.25, 0.3) is 0 Å². The number of aliphatic hydroxyl groups excluding tert-OH is 3. The van der Waals surface area contributed by atoms with E-state index in [2.05, 4.69) is 16.0 Å². The Kier molecular flexibility index (Phi) is 9.36. The van der Waals surface area contributed by atoms with Gasteiger partial charge in [-0.05, 0) is 54.1 Å². The molecule has 0 aromatic rings. The zero-order valence-electron chi connectivity index (χ0n) is 16.9. The van der Waals surface area contributed by atoms with Crippen LogP contribution < -0.4 is 16.0 Å². The molecular formula is C18H41N3O3. The van der Waals surface area contributed by atoms with Crippen molar-refractivity contribution in [1.82, 2.24) is 16.0 Å². The van der Waals surface area contributed by atoms with Crippen LogP contribution in [0.15, 0.2) is 0 Å². The maximum absolute atomic E-state index is 10.8. The van der Waals surface area contributed by atoms with Gasteiger partial charge in [0.2, 0.25) is 0 Å². The molecule has 0 amide bonds. The van der Waals surface area contributed by atoms with Gasteiger partial charge in [0.15, 0.2) is 0 Å². The van der Waals surface area contributed by atoms with Gasteiger partial charge in [-0.1, -0.05) is 20.8 Å². The second kappa shape index (κ2) is 9.46. The van der Waals surface area contributed by atoms with Crippen molar-refractivity contribution in [2.24, 2.45) is 0 Å². The lowest BCUT2D eigenvalue weighted by molar-refractivity contribution is -0.0172. The van der Waals surface area contributed by atoms with Crippen LogP contribution in [0.5, 0.6) is 0 Å². The molecule has 24 heavy (non-hydrogen) atoms. The summed E-state index contributed by atoms with van der Waals surface area (Å²) >= 11 is 0. The zero-order valence-corrected chi connectivity index (χ0v) is 16.9. The molecule has 146 valence electrons. The van der Waals surface area contributed by atoms with Crippen LogP contribution in [0, 0.1) is 0 Å². The molecule has 6 nitrogen and oxygen atoms in total. The second-order valence-corrected chi connectivity index (χ2v) is 8.38. The van der Waals surface area contributed by atoms with Gasteiger partial charge in [0, 0.05) is 22.7 Å². The number of aliphatic hydroxyl groups is 3. The number of hydrogen-bond acceptors (Lipinski definition) is 6. The zero-order chi connectivity index (χ0) is 19.2. The number of rotatable bonds is 12. The third kappa shape index (κ3) is 6.94. The Labute approximate surface area is 148 Å². The van der Waals surface area contributed by atoms with E-state index in [1.54, 1.807) is 7.05 Å². The first-order chi connectivity index (χ1) is 10.9. The molecular weight excluding hydrogens is 306 g/mol. The minimum absolute atomic E-state index is 0.0549. The van der Waals surface area contributed by atoms with Crippen LogP contribution in [-0.4, -0.2) is 70.4 Å². The van der Waals surface area contributed by atoms with Gasteiger partial charge in [-0.2, -0.15) is 0 Å². The normalized spacial score (nSPS) is 20.5. The molecule has 0 saturated carbocycles. The van der Waals surface area contributed by atoms with Crippen molar-refractivity contribution >= 4 is 0 Å². The predicted molar refractivity (Wildman–Crippen MR) is 100 cm³/mol. The monoisotopic (exact) mass is 347 g/mol. The van der Waals surface area contributed by atoms with E-state index < -0.39 is 28.8 Å². The van der Waals surface area contributed by atoms with Gasteiger partial charge in [-0.3, -0.25) is 0 Å². The summed E-state index contributed by atoms with van der Waals surface area (Å²) in [4.78, 5) is 0. The summed E-state index contributed by atoms with van der Waals surface area (Å²) in [6.07, 6.45) is -0.570. The Morgan fingerprint density at radius 1 is 0.958 bits per heavy atom. The molecule has 0 rings (SSSR count). The second-order valence-electron chi connectivity index (χ2n) is 8.38. The Morgan fingerprint density at radius 2 is 1.50 bits per heavy atom. The van der Waals surface area contributed by atoms with Gasteiger partial charge < -0.3 is 31.3 Å². The van der Waals surface area contributed by atoms with Crippen LogP contribution in [0.25, 0.3) is 0 Å². The Morgan fingerprint density at radius 3 is 1.88 bits per heavy atom. The quantitative estimate of drug-likeness (QED) is 0.310. The van der Waals surface area contributed by atoms with E-state index in [1.165, 1.54) is 0 Å². The lowest BCUT2D eigenvalue weighted by Gasteiger charge is -2.43. The summed E-state index contributed by atoms with van der Waals surface area (Å²) in [7, 11) is 1.79. The van der Waals surface area contributed by atoms with Crippen LogP contribution in [0.4, 0.5) is 0 Å². The van der Waals surface area contributed by atoms with Crippen molar-refractivity contribution in [2.75, 3.05) is 20.2 Å². The van der Waals surface area contributed by atoms with E-state index in [0.717, 1.165) is 0 Å². The van der Waals surface area contributed by atoms with Gasteiger partial charge in [0.1, 0.15) is 0 Å². The van der Waals surface area contributed by atoms with Crippen LogP contribution in [0.2, 0.25) is 0 Å². The molecule has 4 atom stereocenters. The van der Waals surface area contributed by atoms with Crippen molar-refractivity contribution in [1.29, 1.82) is 0 Å². The minimum Gasteiger partial charge on any atom is -0.394 e. The standard InChI is InChI=1S/C18H41N3O3/c1-9-20-17(6,12-22)10-15(24)18(7,19-8)11-14(23)16(4,5)21-13(2)3/h13-15,19-24H,9-12H2,1-8H3. The van der Waals surface area contributed by atoms with Crippen LogP contribution in [0.3, 0.4) is 0 Å². The lowest BCUT2D eigenvalue weighted by atomic mass is 9.78. The fourth-order valence-electron chi connectivity index (χ4n) is 3.17. The third-order valence-electron chi connectivity index (χ3n) is 5.01. The summed E-state index contributed by atoms with van der Waals surface area (Å²) < 4.78 is 0. The molecule has 0 heterocycles. The molecule has 0 aromatic carbocycles. The average molecular weight is 348 g/mol. The average Bonchev–Trinajstić information content (AvgIpc) is 2.45. The van der Waals surface area contributed by atoms with Gasteiger partial charge in [0.05, 0.1) is 18.8 Å². The summed E-state index contributed by atoms with van der Waals surface area (Å²) in [5.41, 5.74) is -1.68. The highest BCUT2D eigenvalue weighted by Gasteiger charge is 2.41. The fraction of sp³-hybridized carbons (Fsp3) is 1.00. The molecule has 6 N–H and O–H groups in total. The van der Waals surface area contributed by atoms with Crippen molar-refractivity contribution in [3.63, 3.8) is 0 Å². The minimum atomic E-state index is -0.719. The molecule has 0 fully saturated rings. The Hall–Kier alpha value is -0.240. The number of likely N-dealkylation sites (N-methyl/N-ethyl adjacent to an activating group) is 2. The molecule has 0 radical (unpaired) electrons. The number of nitrogens with one attached hydrogen (secondary N) is 3.